The Hall–Kier alpha value is -6.70. The van der Waals surface area contributed by atoms with E-state index in [2.05, 4.69) is 205 Å². The monoisotopic (exact) mass is 661 g/mol. The SMILES string of the molecule is C(=C\c1c2ccccc2c(-c2ccccc2)c2c1ccc1ccccc12)/Cc1cccc(-c2ccc3c(c2)c2ccccc2n3-c2ccccc2)c1. The fourth-order valence-electron chi connectivity index (χ4n) is 8.26. The third-order valence-corrected chi connectivity index (χ3v) is 10.6. The summed E-state index contributed by atoms with van der Waals surface area (Å²) in [5.74, 6) is 0. The van der Waals surface area contributed by atoms with Crippen molar-refractivity contribution in [1.29, 1.82) is 0 Å². The molecule has 0 bridgehead atoms. The Kier molecular flexibility index (Phi) is 7.29. The molecule has 1 nitrogen and oxygen atoms in total. The van der Waals surface area contributed by atoms with Crippen LogP contribution in [0.4, 0.5) is 0 Å². The van der Waals surface area contributed by atoms with E-state index >= 15 is 0 Å². The number of para-hydroxylation sites is 2. The Morgan fingerprint density at radius 2 is 1.06 bits per heavy atom. The maximum Gasteiger partial charge on any atom is 0.0541 e. The van der Waals surface area contributed by atoms with E-state index in [0.29, 0.717) is 0 Å². The third-order valence-electron chi connectivity index (χ3n) is 10.6. The molecule has 1 aromatic heterocycles. The van der Waals surface area contributed by atoms with Gasteiger partial charge in [-0.05, 0) is 102 Å². The van der Waals surface area contributed by atoms with Gasteiger partial charge in [0, 0.05) is 16.5 Å². The topological polar surface area (TPSA) is 4.93 Å². The average molecular weight is 662 g/mol. The number of nitrogens with zero attached hydrogens (tertiary/aromatic N) is 1. The van der Waals surface area contributed by atoms with Gasteiger partial charge in [0.05, 0.1) is 11.0 Å². The molecule has 0 fully saturated rings. The van der Waals surface area contributed by atoms with Crippen molar-refractivity contribution in [2.75, 3.05) is 0 Å². The predicted octanol–water partition coefficient (Wildman–Crippen LogP) is 13.8. The van der Waals surface area contributed by atoms with Crippen molar-refractivity contribution >= 4 is 60.2 Å². The number of aromatic nitrogens is 1. The van der Waals surface area contributed by atoms with Crippen LogP contribution in [0, 0.1) is 0 Å². The molecule has 0 unspecified atom stereocenters. The van der Waals surface area contributed by atoms with Crippen molar-refractivity contribution in [3.63, 3.8) is 0 Å². The van der Waals surface area contributed by atoms with E-state index in [0.717, 1.165) is 6.42 Å². The predicted molar refractivity (Wildman–Crippen MR) is 223 cm³/mol. The molecule has 10 rings (SSSR count). The minimum atomic E-state index is 0.841. The molecule has 0 aliphatic carbocycles. The molecular weight excluding hydrogens is 627 g/mol. The van der Waals surface area contributed by atoms with Gasteiger partial charge in [0.15, 0.2) is 0 Å². The average Bonchev–Trinajstić information content (AvgIpc) is 3.55. The molecule has 0 saturated carbocycles. The van der Waals surface area contributed by atoms with Crippen molar-refractivity contribution in [2.24, 2.45) is 0 Å². The van der Waals surface area contributed by atoms with Crippen molar-refractivity contribution in [2.45, 2.75) is 6.42 Å². The highest BCUT2D eigenvalue weighted by Gasteiger charge is 2.17. The van der Waals surface area contributed by atoms with Gasteiger partial charge < -0.3 is 4.57 Å². The van der Waals surface area contributed by atoms with Crippen LogP contribution >= 0.6 is 0 Å². The van der Waals surface area contributed by atoms with E-state index in [1.165, 1.54) is 93.2 Å². The summed E-state index contributed by atoms with van der Waals surface area (Å²) in [6.45, 7) is 0. The van der Waals surface area contributed by atoms with E-state index in [-0.39, 0.29) is 0 Å². The lowest BCUT2D eigenvalue weighted by molar-refractivity contribution is 1.18. The van der Waals surface area contributed by atoms with Crippen molar-refractivity contribution < 1.29 is 0 Å². The number of hydrogen-bond donors (Lipinski definition) is 0. The summed E-state index contributed by atoms with van der Waals surface area (Å²) in [5, 5.41) is 10.2. The molecular formula is C51H35N. The minimum Gasteiger partial charge on any atom is -0.309 e. The van der Waals surface area contributed by atoms with Crippen LogP contribution in [0.3, 0.4) is 0 Å². The van der Waals surface area contributed by atoms with Crippen molar-refractivity contribution in [3.05, 3.63) is 205 Å². The molecule has 1 heterocycles. The molecule has 244 valence electrons. The summed E-state index contributed by atoms with van der Waals surface area (Å²) in [5.41, 5.74) is 11.2. The minimum absolute atomic E-state index is 0.841. The highest BCUT2D eigenvalue weighted by molar-refractivity contribution is 6.25. The Bertz CT molecular complexity index is 2970. The molecule has 0 spiro atoms. The van der Waals surface area contributed by atoms with Gasteiger partial charge in [-0.25, -0.2) is 0 Å². The van der Waals surface area contributed by atoms with Gasteiger partial charge >= 0.3 is 0 Å². The highest BCUT2D eigenvalue weighted by Crippen LogP contribution is 2.43. The first-order valence-electron chi connectivity index (χ1n) is 18.1. The van der Waals surface area contributed by atoms with Crippen LogP contribution in [-0.2, 0) is 6.42 Å². The molecule has 0 aliphatic rings. The Balaban J connectivity index is 1.06. The molecule has 0 amide bonds. The van der Waals surface area contributed by atoms with Crippen LogP contribution in [0.15, 0.2) is 194 Å². The van der Waals surface area contributed by atoms with E-state index in [1.54, 1.807) is 0 Å². The highest BCUT2D eigenvalue weighted by atomic mass is 15.0. The lowest BCUT2D eigenvalue weighted by atomic mass is 9.86. The summed E-state index contributed by atoms with van der Waals surface area (Å²) in [7, 11) is 0. The number of allylic oxidation sites excluding steroid dienone is 1. The van der Waals surface area contributed by atoms with Gasteiger partial charge in [0.25, 0.3) is 0 Å². The van der Waals surface area contributed by atoms with Crippen molar-refractivity contribution in [3.8, 4) is 27.9 Å². The van der Waals surface area contributed by atoms with E-state index < -0.39 is 0 Å². The van der Waals surface area contributed by atoms with Gasteiger partial charge in [0.1, 0.15) is 0 Å². The van der Waals surface area contributed by atoms with Gasteiger partial charge in [-0.1, -0.05) is 170 Å². The Labute approximate surface area is 303 Å². The fourth-order valence-corrected chi connectivity index (χ4v) is 8.26. The smallest absolute Gasteiger partial charge is 0.0541 e. The number of hydrogen-bond acceptors (Lipinski definition) is 0. The van der Waals surface area contributed by atoms with Crippen LogP contribution in [-0.4, -0.2) is 4.57 Å². The van der Waals surface area contributed by atoms with Gasteiger partial charge in [-0.2, -0.15) is 0 Å². The summed E-state index contributed by atoms with van der Waals surface area (Å²) < 4.78 is 2.37. The van der Waals surface area contributed by atoms with Gasteiger partial charge in [-0.3, -0.25) is 0 Å². The third kappa shape index (κ3) is 5.01. The molecule has 0 N–H and O–H groups in total. The fraction of sp³-hybridized carbons (Fsp3) is 0.0196. The van der Waals surface area contributed by atoms with Gasteiger partial charge in [-0.15, -0.1) is 0 Å². The molecule has 52 heavy (non-hydrogen) atoms. The second-order valence-corrected chi connectivity index (χ2v) is 13.6. The Morgan fingerprint density at radius 1 is 0.404 bits per heavy atom. The van der Waals surface area contributed by atoms with Gasteiger partial charge in [0.2, 0.25) is 0 Å². The number of fused-ring (bicyclic) bond motifs is 7. The zero-order valence-electron chi connectivity index (χ0n) is 28.7. The number of rotatable bonds is 6. The maximum atomic E-state index is 2.37. The first kappa shape index (κ1) is 30.2. The van der Waals surface area contributed by atoms with Crippen LogP contribution in [0.2, 0.25) is 0 Å². The second kappa shape index (κ2) is 12.6. The molecule has 0 atom stereocenters. The normalized spacial score (nSPS) is 11.8. The van der Waals surface area contributed by atoms with Crippen LogP contribution in [0.1, 0.15) is 11.1 Å². The lowest BCUT2D eigenvalue weighted by Gasteiger charge is -2.17. The molecule has 0 aliphatic heterocycles. The second-order valence-electron chi connectivity index (χ2n) is 13.6. The van der Waals surface area contributed by atoms with Crippen LogP contribution in [0.5, 0.6) is 0 Å². The summed E-state index contributed by atoms with van der Waals surface area (Å²) in [4.78, 5) is 0. The molecule has 0 saturated heterocycles. The largest absolute Gasteiger partial charge is 0.309 e. The first-order valence-corrected chi connectivity index (χ1v) is 18.1. The Morgan fingerprint density at radius 3 is 1.90 bits per heavy atom. The van der Waals surface area contributed by atoms with Crippen LogP contribution < -0.4 is 0 Å². The quantitative estimate of drug-likeness (QED) is 0.123. The van der Waals surface area contributed by atoms with E-state index in [4.69, 9.17) is 0 Å². The first-order chi connectivity index (χ1) is 25.8. The zero-order chi connectivity index (χ0) is 34.4. The van der Waals surface area contributed by atoms with Crippen molar-refractivity contribution in [1.82, 2.24) is 4.57 Å². The molecule has 0 radical (unpaired) electrons. The summed E-state index contributed by atoms with van der Waals surface area (Å²) in [6.07, 6.45) is 5.53. The summed E-state index contributed by atoms with van der Waals surface area (Å²) in [6, 6.07) is 68.5. The van der Waals surface area contributed by atoms with Crippen LogP contribution in [0.25, 0.3) is 88.1 Å². The molecule has 9 aromatic carbocycles. The van der Waals surface area contributed by atoms with E-state index in [9.17, 15) is 0 Å². The zero-order valence-corrected chi connectivity index (χ0v) is 28.7. The standard InChI is InChI=1S/C51H35N/c1-3-18-37(19-4-1)50-45-26-10-9-24-42(45)43(46-31-29-36-17-7-8-23-41(36)51(46)50)27-14-16-35-15-13-20-38(33-35)39-30-32-49-47(34-39)44-25-11-12-28-48(44)52(49)40-21-5-2-6-22-40/h1-15,17-34H,16H2/b27-14+. The molecule has 10 aromatic rings. The maximum absolute atomic E-state index is 2.37. The number of benzene rings is 9. The molecule has 1 heteroatoms. The summed E-state index contributed by atoms with van der Waals surface area (Å²) >= 11 is 0. The van der Waals surface area contributed by atoms with E-state index in [1.807, 2.05) is 0 Å². The lowest BCUT2D eigenvalue weighted by Crippen LogP contribution is -1.92.